The van der Waals surface area contributed by atoms with Gasteiger partial charge in [-0.25, -0.2) is 0 Å². The summed E-state index contributed by atoms with van der Waals surface area (Å²) in [5.74, 6) is -1.91. The molecule has 1 N–H and O–H groups in total. The molecule has 146 valence electrons. The zero-order valence-electron chi connectivity index (χ0n) is 14.5. The highest BCUT2D eigenvalue weighted by Gasteiger charge is 2.40. The van der Waals surface area contributed by atoms with Crippen LogP contribution in [0.4, 0.5) is 13.2 Å². The summed E-state index contributed by atoms with van der Waals surface area (Å²) in [6, 6.07) is 2.53. The number of nitrogens with one attached hydrogen (secondary N) is 1. The molecule has 1 aliphatic heterocycles. The van der Waals surface area contributed by atoms with Gasteiger partial charge in [0.25, 0.3) is 5.56 Å². The number of nitrogens with zero attached hydrogens (tertiary/aromatic N) is 3. The summed E-state index contributed by atoms with van der Waals surface area (Å²) in [6.45, 7) is 1.45. The van der Waals surface area contributed by atoms with Crippen molar-refractivity contribution in [2.24, 2.45) is 7.05 Å². The molecule has 1 saturated heterocycles. The van der Waals surface area contributed by atoms with Gasteiger partial charge in [0.2, 0.25) is 0 Å². The zero-order chi connectivity index (χ0) is 19.8. The number of fused-ring (bicyclic) bond motifs is 1. The van der Waals surface area contributed by atoms with Crippen molar-refractivity contribution in [3.05, 3.63) is 39.3 Å². The fourth-order valence-corrected chi connectivity index (χ4v) is 3.56. The predicted octanol–water partition coefficient (Wildman–Crippen LogP) is 1.88. The van der Waals surface area contributed by atoms with Crippen LogP contribution in [0.15, 0.2) is 23.1 Å². The highest BCUT2D eigenvalue weighted by Crippen LogP contribution is 2.24. The highest BCUT2D eigenvalue weighted by molar-refractivity contribution is 6.32. The number of aromatic nitrogens is 2. The maximum atomic E-state index is 12.4. The molecule has 3 rings (SSSR count). The number of hydrogen-bond acceptors (Lipinski definition) is 4. The van der Waals surface area contributed by atoms with E-state index in [-0.39, 0.29) is 5.56 Å². The first-order valence-corrected chi connectivity index (χ1v) is 8.78. The topological polar surface area (TPSA) is 67.2 Å². The van der Waals surface area contributed by atoms with Gasteiger partial charge in [0, 0.05) is 45.0 Å². The molecule has 1 fully saturated rings. The van der Waals surface area contributed by atoms with Gasteiger partial charge in [-0.1, -0.05) is 11.6 Å². The van der Waals surface area contributed by atoms with Crippen molar-refractivity contribution in [3.8, 4) is 0 Å². The number of aryl methyl sites for hydroxylation is 1. The van der Waals surface area contributed by atoms with Crippen LogP contribution in [-0.4, -0.2) is 52.2 Å². The van der Waals surface area contributed by atoms with E-state index in [1.165, 1.54) is 16.8 Å². The van der Waals surface area contributed by atoms with Gasteiger partial charge in [-0.2, -0.15) is 13.2 Å². The molecule has 2 aromatic rings. The molecule has 3 heterocycles. The van der Waals surface area contributed by atoms with E-state index >= 15 is 0 Å². The third-order valence-corrected chi connectivity index (χ3v) is 5.05. The third kappa shape index (κ3) is 4.24. The molecule has 1 atom stereocenters. The number of hydrogen-bond donors (Lipinski definition) is 1. The quantitative estimate of drug-likeness (QED) is 0.848. The Kier molecular flexibility index (Phi) is 5.43. The average molecular weight is 403 g/mol. The van der Waals surface area contributed by atoms with E-state index in [0.717, 1.165) is 5.56 Å². The van der Waals surface area contributed by atoms with Gasteiger partial charge < -0.3 is 14.8 Å². The molecule has 0 bridgehead atoms. The molecule has 1 amide bonds. The van der Waals surface area contributed by atoms with Crippen LogP contribution in [0, 0.1) is 0 Å². The fourth-order valence-electron chi connectivity index (χ4n) is 3.33. The van der Waals surface area contributed by atoms with E-state index in [1.807, 2.05) is 10.2 Å². The molecule has 27 heavy (non-hydrogen) atoms. The molecule has 2 aromatic heterocycles. The Balaban J connectivity index is 1.70. The molecule has 0 spiro atoms. The van der Waals surface area contributed by atoms with E-state index in [1.54, 1.807) is 13.1 Å². The first kappa shape index (κ1) is 19.6. The minimum Gasteiger partial charge on any atom is -0.344 e. The van der Waals surface area contributed by atoms with Gasteiger partial charge in [0.15, 0.2) is 0 Å². The summed E-state index contributed by atoms with van der Waals surface area (Å²) in [5, 5.41) is 2.45. The number of carbonyl (C=O) groups is 1. The lowest BCUT2D eigenvalue weighted by Gasteiger charge is -2.18. The van der Waals surface area contributed by atoms with Crippen LogP contribution >= 0.6 is 11.6 Å². The molecule has 10 heteroatoms. The molecular formula is C17H18ClF3N4O2. The highest BCUT2D eigenvalue weighted by atomic mass is 35.5. The van der Waals surface area contributed by atoms with E-state index < -0.39 is 18.1 Å². The Labute approximate surface area is 157 Å². The molecule has 0 radical (unpaired) electrons. The molecule has 0 unspecified atom stereocenters. The number of carbonyl (C=O) groups excluding carboxylic acids is 1. The SMILES string of the molecule is Cn1c(=O)ccc2ncc(Cl)c(CCN3CC[C@H](NC(=O)C(F)(F)F)C3)c21. The van der Waals surface area contributed by atoms with Crippen molar-refractivity contribution in [1.29, 1.82) is 0 Å². The number of halogens is 4. The average Bonchev–Trinajstić information content (AvgIpc) is 3.04. The van der Waals surface area contributed by atoms with Crippen LogP contribution in [0.3, 0.4) is 0 Å². The maximum absolute atomic E-state index is 12.4. The van der Waals surface area contributed by atoms with Gasteiger partial charge in [-0.15, -0.1) is 0 Å². The molecule has 6 nitrogen and oxygen atoms in total. The van der Waals surface area contributed by atoms with Crippen LogP contribution in [0.25, 0.3) is 11.0 Å². The summed E-state index contributed by atoms with van der Waals surface area (Å²) in [4.78, 5) is 29.2. The summed E-state index contributed by atoms with van der Waals surface area (Å²) in [7, 11) is 1.64. The first-order chi connectivity index (χ1) is 12.7. The Hall–Kier alpha value is -2.13. The maximum Gasteiger partial charge on any atom is 0.471 e. The predicted molar refractivity (Wildman–Crippen MR) is 94.7 cm³/mol. The van der Waals surface area contributed by atoms with Gasteiger partial charge in [0.1, 0.15) is 0 Å². The normalized spacial score (nSPS) is 18.2. The zero-order valence-corrected chi connectivity index (χ0v) is 15.3. The Morgan fingerprint density at radius 1 is 1.41 bits per heavy atom. The van der Waals surface area contributed by atoms with E-state index in [2.05, 4.69) is 4.98 Å². The van der Waals surface area contributed by atoms with Gasteiger partial charge >= 0.3 is 12.1 Å². The van der Waals surface area contributed by atoms with Crippen LogP contribution in [0.2, 0.25) is 5.02 Å². The van der Waals surface area contributed by atoms with Crippen molar-refractivity contribution < 1.29 is 18.0 Å². The molecule has 1 aliphatic rings. The van der Waals surface area contributed by atoms with Gasteiger partial charge in [-0.3, -0.25) is 14.6 Å². The number of rotatable bonds is 4. The second-order valence-electron chi connectivity index (χ2n) is 6.56. The molecule has 0 aromatic carbocycles. The standard InChI is InChI=1S/C17H18ClF3N4O2/c1-24-14(26)3-2-13-15(24)11(12(18)8-22-13)5-7-25-6-4-10(9-25)23-16(27)17(19,20)21/h2-3,8,10H,4-7,9H2,1H3,(H,23,27)/t10-/m0/s1. The minimum atomic E-state index is -4.87. The van der Waals surface area contributed by atoms with Crippen molar-refractivity contribution in [2.45, 2.75) is 25.1 Å². The molecule has 0 saturated carbocycles. The van der Waals surface area contributed by atoms with E-state index in [4.69, 9.17) is 11.6 Å². The lowest BCUT2D eigenvalue weighted by molar-refractivity contribution is -0.174. The van der Waals surface area contributed by atoms with Crippen molar-refractivity contribution >= 4 is 28.5 Å². The van der Waals surface area contributed by atoms with E-state index in [9.17, 15) is 22.8 Å². The number of likely N-dealkylation sites (tertiary alicyclic amines) is 1. The Morgan fingerprint density at radius 3 is 2.85 bits per heavy atom. The van der Waals surface area contributed by atoms with Gasteiger partial charge in [0.05, 0.1) is 16.1 Å². The number of amides is 1. The molecular weight excluding hydrogens is 385 g/mol. The monoisotopic (exact) mass is 402 g/mol. The summed E-state index contributed by atoms with van der Waals surface area (Å²) in [6.07, 6.45) is -2.39. The number of pyridine rings is 2. The summed E-state index contributed by atoms with van der Waals surface area (Å²) >= 11 is 6.28. The minimum absolute atomic E-state index is 0.177. The van der Waals surface area contributed by atoms with Crippen LogP contribution in [0.1, 0.15) is 12.0 Å². The first-order valence-electron chi connectivity index (χ1n) is 8.40. The summed E-state index contributed by atoms with van der Waals surface area (Å²) in [5.41, 5.74) is 1.89. The lowest BCUT2D eigenvalue weighted by Crippen LogP contribution is -2.44. The van der Waals surface area contributed by atoms with Gasteiger partial charge in [-0.05, 0) is 24.5 Å². The second-order valence-corrected chi connectivity index (χ2v) is 6.96. The Morgan fingerprint density at radius 2 is 2.15 bits per heavy atom. The lowest BCUT2D eigenvalue weighted by atomic mass is 10.1. The van der Waals surface area contributed by atoms with E-state index in [0.29, 0.717) is 48.5 Å². The van der Waals surface area contributed by atoms with Crippen LogP contribution in [-0.2, 0) is 18.3 Å². The van der Waals surface area contributed by atoms with Crippen molar-refractivity contribution in [2.75, 3.05) is 19.6 Å². The largest absolute Gasteiger partial charge is 0.471 e. The fraction of sp³-hybridized carbons (Fsp3) is 0.471. The smallest absolute Gasteiger partial charge is 0.344 e. The Bertz CT molecular complexity index is 929. The van der Waals surface area contributed by atoms with Crippen LogP contribution < -0.4 is 10.9 Å². The number of alkyl halides is 3. The summed E-state index contributed by atoms with van der Waals surface area (Å²) < 4.78 is 38.6. The van der Waals surface area contributed by atoms with Crippen molar-refractivity contribution in [3.63, 3.8) is 0 Å². The van der Waals surface area contributed by atoms with Crippen molar-refractivity contribution in [1.82, 2.24) is 19.8 Å². The van der Waals surface area contributed by atoms with Crippen LogP contribution in [0.5, 0.6) is 0 Å². The third-order valence-electron chi connectivity index (χ3n) is 4.73. The second kappa shape index (κ2) is 7.47. The molecule has 0 aliphatic carbocycles.